The van der Waals surface area contributed by atoms with Crippen LogP contribution in [-0.2, 0) is 10.2 Å². The fraction of sp³-hybridized carbons (Fsp3) is 1.00. The van der Waals surface area contributed by atoms with Crippen molar-refractivity contribution in [3.8, 4) is 0 Å². The molecule has 1 saturated heterocycles. The fourth-order valence-corrected chi connectivity index (χ4v) is 5.15. The summed E-state index contributed by atoms with van der Waals surface area (Å²) < 4.78 is 28.9. The van der Waals surface area contributed by atoms with E-state index in [1.165, 1.54) is 4.31 Å². The maximum atomic E-state index is 12.3. The molecule has 2 atom stereocenters. The lowest BCUT2D eigenvalue weighted by Gasteiger charge is -2.31. The Balaban J connectivity index is 1.85. The minimum atomic E-state index is -3.34. The summed E-state index contributed by atoms with van der Waals surface area (Å²) in [4.78, 5) is 0. The lowest BCUT2D eigenvalue weighted by molar-refractivity contribution is 0.169. The molecule has 7 heteroatoms. The van der Waals surface area contributed by atoms with E-state index in [9.17, 15) is 8.42 Å². The Morgan fingerprint density at radius 3 is 2.47 bits per heavy atom. The van der Waals surface area contributed by atoms with Crippen molar-refractivity contribution in [3.63, 3.8) is 0 Å². The smallest absolute Gasteiger partial charge is 0.279 e. The summed E-state index contributed by atoms with van der Waals surface area (Å²) >= 11 is 1.82. The lowest BCUT2D eigenvalue weighted by Crippen LogP contribution is -2.48. The van der Waals surface area contributed by atoms with Crippen molar-refractivity contribution in [3.05, 3.63) is 0 Å². The Morgan fingerprint density at radius 1 is 1.26 bits per heavy atom. The molecule has 2 N–H and O–H groups in total. The van der Waals surface area contributed by atoms with E-state index in [1.54, 1.807) is 0 Å². The summed E-state index contributed by atoms with van der Waals surface area (Å²) in [5.74, 6) is 0.263. The Labute approximate surface area is 120 Å². The molecule has 2 aliphatic rings. The zero-order chi connectivity index (χ0) is 13.9. The quantitative estimate of drug-likeness (QED) is 0.788. The number of aliphatic hydroxyl groups is 1. The van der Waals surface area contributed by atoms with Gasteiger partial charge in [0.15, 0.2) is 0 Å². The van der Waals surface area contributed by atoms with Crippen molar-refractivity contribution in [2.24, 2.45) is 5.92 Å². The molecule has 1 aliphatic heterocycles. The van der Waals surface area contributed by atoms with Crippen LogP contribution in [0.25, 0.3) is 0 Å². The molecule has 2 unspecified atom stereocenters. The largest absolute Gasteiger partial charge is 0.396 e. The number of nitrogens with one attached hydrogen (secondary N) is 1. The molecule has 5 nitrogen and oxygen atoms in total. The first-order valence-corrected chi connectivity index (χ1v) is 9.69. The third kappa shape index (κ3) is 4.07. The van der Waals surface area contributed by atoms with E-state index in [-0.39, 0.29) is 18.6 Å². The Morgan fingerprint density at radius 2 is 1.95 bits per heavy atom. The van der Waals surface area contributed by atoms with Crippen molar-refractivity contribution < 1.29 is 13.5 Å². The maximum absolute atomic E-state index is 12.3. The minimum Gasteiger partial charge on any atom is -0.396 e. The maximum Gasteiger partial charge on any atom is 0.279 e. The standard InChI is InChI=1S/C12H24N2O3S2/c1-18-12-3-2-11(8-12)13-19(16,17)14-6-4-10(9-15)5-7-14/h10-13,15H,2-9H2,1H3. The third-order valence-corrected chi connectivity index (χ3v) is 6.98. The highest BCUT2D eigenvalue weighted by molar-refractivity contribution is 7.99. The molecule has 0 aromatic heterocycles. The molecule has 0 spiro atoms. The fourth-order valence-electron chi connectivity index (χ4n) is 2.88. The summed E-state index contributed by atoms with van der Waals surface area (Å²) in [5.41, 5.74) is 0. The van der Waals surface area contributed by atoms with Gasteiger partial charge in [0.2, 0.25) is 0 Å². The zero-order valence-electron chi connectivity index (χ0n) is 11.4. The van der Waals surface area contributed by atoms with Crippen LogP contribution in [0.4, 0.5) is 0 Å². The number of nitrogens with zero attached hydrogens (tertiary/aromatic N) is 1. The third-order valence-electron chi connectivity index (χ3n) is 4.21. The molecule has 1 saturated carbocycles. The minimum absolute atomic E-state index is 0.0954. The van der Waals surface area contributed by atoms with Gasteiger partial charge in [0.1, 0.15) is 0 Å². The summed E-state index contributed by atoms with van der Waals surface area (Å²) in [6.07, 6.45) is 6.58. The van der Waals surface area contributed by atoms with Gasteiger partial charge in [-0.05, 0) is 44.3 Å². The number of hydrogen-bond donors (Lipinski definition) is 2. The van der Waals surface area contributed by atoms with Crippen LogP contribution in [0.15, 0.2) is 0 Å². The predicted octanol–water partition coefficient (Wildman–Crippen LogP) is 0.809. The molecule has 2 fully saturated rings. The monoisotopic (exact) mass is 308 g/mol. The Kier molecular flexibility index (Phi) is 5.54. The van der Waals surface area contributed by atoms with Crippen LogP contribution in [-0.4, -0.2) is 55.1 Å². The van der Waals surface area contributed by atoms with Crippen LogP contribution < -0.4 is 4.72 Å². The van der Waals surface area contributed by atoms with E-state index in [1.807, 2.05) is 11.8 Å². The van der Waals surface area contributed by atoms with E-state index in [0.29, 0.717) is 18.3 Å². The molecule has 0 amide bonds. The molecule has 112 valence electrons. The molecular weight excluding hydrogens is 284 g/mol. The van der Waals surface area contributed by atoms with E-state index >= 15 is 0 Å². The van der Waals surface area contributed by atoms with E-state index in [2.05, 4.69) is 11.0 Å². The highest BCUT2D eigenvalue weighted by atomic mass is 32.2. The van der Waals surface area contributed by atoms with E-state index in [0.717, 1.165) is 32.1 Å². The second kappa shape index (κ2) is 6.76. The predicted molar refractivity (Wildman–Crippen MR) is 78.4 cm³/mol. The van der Waals surface area contributed by atoms with Gasteiger partial charge in [-0.3, -0.25) is 0 Å². The van der Waals surface area contributed by atoms with Gasteiger partial charge in [-0.2, -0.15) is 29.2 Å². The lowest BCUT2D eigenvalue weighted by atomic mass is 10.00. The van der Waals surface area contributed by atoms with Gasteiger partial charge in [-0.15, -0.1) is 0 Å². The van der Waals surface area contributed by atoms with Crippen molar-refractivity contribution in [2.45, 2.75) is 43.4 Å². The molecule has 1 heterocycles. The van der Waals surface area contributed by atoms with Crippen LogP contribution in [0.5, 0.6) is 0 Å². The summed E-state index contributed by atoms with van der Waals surface area (Å²) in [6, 6.07) is 0.0954. The first kappa shape index (κ1) is 15.6. The van der Waals surface area contributed by atoms with Gasteiger partial charge >= 0.3 is 0 Å². The van der Waals surface area contributed by atoms with Gasteiger partial charge < -0.3 is 5.11 Å². The molecule has 0 bridgehead atoms. The van der Waals surface area contributed by atoms with Crippen LogP contribution in [0.3, 0.4) is 0 Å². The number of aliphatic hydroxyl groups excluding tert-OH is 1. The second-order valence-electron chi connectivity index (χ2n) is 5.52. The van der Waals surface area contributed by atoms with Crippen LogP contribution >= 0.6 is 11.8 Å². The SMILES string of the molecule is CSC1CCC(NS(=O)(=O)N2CCC(CO)CC2)C1. The molecule has 0 aromatic rings. The van der Waals surface area contributed by atoms with Gasteiger partial charge in [0.25, 0.3) is 10.2 Å². The van der Waals surface area contributed by atoms with Crippen molar-refractivity contribution in [1.29, 1.82) is 0 Å². The second-order valence-corrected chi connectivity index (χ2v) is 8.36. The summed E-state index contributed by atoms with van der Waals surface area (Å²) in [5, 5.41) is 9.67. The van der Waals surface area contributed by atoms with Gasteiger partial charge in [-0.25, -0.2) is 0 Å². The van der Waals surface area contributed by atoms with Crippen LogP contribution in [0.2, 0.25) is 0 Å². The van der Waals surface area contributed by atoms with Crippen LogP contribution in [0, 0.1) is 5.92 Å². The van der Waals surface area contributed by atoms with Crippen molar-refractivity contribution in [1.82, 2.24) is 9.03 Å². The highest BCUT2D eigenvalue weighted by Gasteiger charge is 2.32. The molecule has 19 heavy (non-hydrogen) atoms. The number of hydrogen-bond acceptors (Lipinski definition) is 4. The first-order valence-electron chi connectivity index (χ1n) is 6.96. The van der Waals surface area contributed by atoms with Gasteiger partial charge in [0, 0.05) is 31.0 Å². The van der Waals surface area contributed by atoms with Crippen LogP contribution in [0.1, 0.15) is 32.1 Å². The first-order chi connectivity index (χ1) is 9.05. The van der Waals surface area contributed by atoms with Crippen molar-refractivity contribution >= 4 is 22.0 Å². The highest BCUT2D eigenvalue weighted by Crippen LogP contribution is 2.29. The number of piperidine rings is 1. The number of thioether (sulfide) groups is 1. The Bertz CT molecular complexity index is 380. The zero-order valence-corrected chi connectivity index (χ0v) is 13.0. The molecule has 2 rings (SSSR count). The normalized spacial score (nSPS) is 30.8. The molecule has 0 radical (unpaired) electrons. The number of rotatable bonds is 5. The van der Waals surface area contributed by atoms with E-state index < -0.39 is 10.2 Å². The van der Waals surface area contributed by atoms with Gasteiger partial charge in [0.05, 0.1) is 0 Å². The average Bonchev–Trinajstić information content (AvgIpc) is 2.85. The molecule has 0 aromatic carbocycles. The average molecular weight is 308 g/mol. The Hall–Kier alpha value is 0.180. The molecular formula is C12H24N2O3S2. The summed E-state index contributed by atoms with van der Waals surface area (Å²) in [6.45, 7) is 1.22. The molecule has 1 aliphatic carbocycles. The topological polar surface area (TPSA) is 69.6 Å². The summed E-state index contributed by atoms with van der Waals surface area (Å²) in [7, 11) is -3.34. The van der Waals surface area contributed by atoms with Crippen molar-refractivity contribution in [2.75, 3.05) is 26.0 Å². The van der Waals surface area contributed by atoms with Gasteiger partial charge in [-0.1, -0.05) is 0 Å². The van der Waals surface area contributed by atoms with E-state index in [4.69, 9.17) is 5.11 Å².